The summed E-state index contributed by atoms with van der Waals surface area (Å²) < 4.78 is 0. The van der Waals surface area contributed by atoms with Crippen LogP contribution in [0, 0.1) is 5.41 Å². The number of carbonyl (C=O) groups excluding carboxylic acids is 1. The van der Waals surface area contributed by atoms with Gasteiger partial charge in [-0.3, -0.25) is 4.79 Å². The fourth-order valence-electron chi connectivity index (χ4n) is 1.32. The van der Waals surface area contributed by atoms with Crippen LogP contribution < -0.4 is 5.32 Å². The van der Waals surface area contributed by atoms with Crippen LogP contribution in [0.4, 0.5) is 0 Å². The van der Waals surface area contributed by atoms with Crippen molar-refractivity contribution in [3.8, 4) is 0 Å². The number of hydrogen-bond donors (Lipinski definition) is 1. The zero-order valence-corrected chi connectivity index (χ0v) is 9.89. The zero-order chi connectivity index (χ0) is 11.0. The molecule has 2 nitrogen and oxygen atoms in total. The van der Waals surface area contributed by atoms with Gasteiger partial charge in [-0.1, -0.05) is 39.7 Å². The van der Waals surface area contributed by atoms with E-state index in [1.54, 1.807) is 13.1 Å². The second kappa shape index (κ2) is 6.63. The van der Waals surface area contributed by atoms with E-state index in [9.17, 15) is 4.79 Å². The number of unbranched alkanes of at least 4 members (excludes halogenated alkanes) is 1. The minimum absolute atomic E-state index is 0.0128. The van der Waals surface area contributed by atoms with Gasteiger partial charge >= 0.3 is 0 Å². The number of hydrogen-bond acceptors (Lipinski definition) is 1. The molecule has 0 saturated heterocycles. The maximum Gasteiger partial charge on any atom is 0.243 e. The van der Waals surface area contributed by atoms with Crippen molar-refractivity contribution in [2.45, 2.75) is 46.5 Å². The van der Waals surface area contributed by atoms with Gasteiger partial charge in [-0.05, 0) is 24.3 Å². The Kier molecular flexibility index (Phi) is 6.26. The molecular weight excluding hydrogens is 174 g/mol. The van der Waals surface area contributed by atoms with Crippen molar-refractivity contribution < 1.29 is 4.79 Å². The van der Waals surface area contributed by atoms with E-state index < -0.39 is 0 Å². The van der Waals surface area contributed by atoms with Gasteiger partial charge in [0.25, 0.3) is 0 Å². The molecule has 0 saturated carbocycles. The minimum atomic E-state index is -0.0128. The molecule has 0 aromatic rings. The summed E-state index contributed by atoms with van der Waals surface area (Å²) in [6, 6.07) is 0. The van der Waals surface area contributed by atoms with E-state index in [1.165, 1.54) is 12.8 Å². The summed E-state index contributed by atoms with van der Waals surface area (Å²) in [5.74, 6) is -0.0128. The summed E-state index contributed by atoms with van der Waals surface area (Å²) in [6.07, 6.45) is 8.38. The van der Waals surface area contributed by atoms with Crippen molar-refractivity contribution in [2.75, 3.05) is 7.05 Å². The van der Waals surface area contributed by atoms with Crippen LogP contribution in [-0.4, -0.2) is 13.0 Å². The SMILES string of the molecule is CCCCC(C)(/C=C/C(=O)NC)CC. The van der Waals surface area contributed by atoms with Crippen molar-refractivity contribution in [1.29, 1.82) is 0 Å². The smallest absolute Gasteiger partial charge is 0.243 e. The third-order valence-electron chi connectivity index (χ3n) is 2.79. The first-order valence-electron chi connectivity index (χ1n) is 5.49. The monoisotopic (exact) mass is 197 g/mol. The molecular formula is C12H23NO. The molecule has 0 rings (SSSR count). The topological polar surface area (TPSA) is 29.1 Å². The Morgan fingerprint density at radius 1 is 1.43 bits per heavy atom. The summed E-state index contributed by atoms with van der Waals surface area (Å²) in [5.41, 5.74) is 0.183. The molecule has 2 heteroatoms. The van der Waals surface area contributed by atoms with Crippen LogP contribution in [0.15, 0.2) is 12.2 Å². The van der Waals surface area contributed by atoms with Gasteiger partial charge in [0.05, 0.1) is 0 Å². The molecule has 14 heavy (non-hydrogen) atoms. The lowest BCUT2D eigenvalue weighted by Gasteiger charge is -2.23. The van der Waals surface area contributed by atoms with Crippen molar-refractivity contribution in [1.82, 2.24) is 5.32 Å². The van der Waals surface area contributed by atoms with Crippen molar-refractivity contribution in [3.05, 3.63) is 12.2 Å². The van der Waals surface area contributed by atoms with Crippen LogP contribution in [0.5, 0.6) is 0 Å². The van der Waals surface area contributed by atoms with Crippen LogP contribution in [0.1, 0.15) is 46.5 Å². The van der Waals surface area contributed by atoms with Crippen molar-refractivity contribution in [3.63, 3.8) is 0 Å². The predicted molar refractivity (Wildman–Crippen MR) is 61.1 cm³/mol. The highest BCUT2D eigenvalue weighted by Crippen LogP contribution is 2.29. The molecule has 1 amide bonds. The second-order valence-corrected chi connectivity index (χ2v) is 4.06. The van der Waals surface area contributed by atoms with Gasteiger partial charge in [-0.2, -0.15) is 0 Å². The molecule has 0 aliphatic rings. The number of nitrogens with one attached hydrogen (secondary N) is 1. The zero-order valence-electron chi connectivity index (χ0n) is 9.89. The van der Waals surface area contributed by atoms with Gasteiger partial charge in [-0.15, -0.1) is 0 Å². The molecule has 82 valence electrons. The van der Waals surface area contributed by atoms with Gasteiger partial charge in [0.2, 0.25) is 5.91 Å². The first kappa shape index (κ1) is 13.2. The Hall–Kier alpha value is -0.790. The van der Waals surface area contributed by atoms with Gasteiger partial charge in [0.1, 0.15) is 0 Å². The summed E-state index contributed by atoms with van der Waals surface area (Å²) in [4.78, 5) is 11.1. The Labute approximate surface area is 87.8 Å². The van der Waals surface area contributed by atoms with Gasteiger partial charge in [0, 0.05) is 7.05 Å². The molecule has 0 aromatic heterocycles. The second-order valence-electron chi connectivity index (χ2n) is 4.06. The molecule has 1 unspecified atom stereocenters. The molecule has 0 aliphatic carbocycles. The maximum absolute atomic E-state index is 11.1. The minimum Gasteiger partial charge on any atom is -0.356 e. The van der Waals surface area contributed by atoms with E-state index in [4.69, 9.17) is 0 Å². The number of likely N-dealkylation sites (N-methyl/N-ethyl adjacent to an activating group) is 1. The number of carbonyl (C=O) groups is 1. The lowest BCUT2D eigenvalue weighted by molar-refractivity contribution is -0.116. The van der Waals surface area contributed by atoms with E-state index in [0.717, 1.165) is 12.8 Å². The lowest BCUT2D eigenvalue weighted by atomic mass is 9.82. The first-order chi connectivity index (χ1) is 6.58. The summed E-state index contributed by atoms with van der Waals surface area (Å²) >= 11 is 0. The molecule has 0 aliphatic heterocycles. The van der Waals surface area contributed by atoms with E-state index in [1.807, 2.05) is 6.08 Å². The Morgan fingerprint density at radius 2 is 2.07 bits per heavy atom. The third kappa shape index (κ3) is 5.05. The summed E-state index contributed by atoms with van der Waals surface area (Å²) in [5, 5.41) is 2.59. The predicted octanol–water partition coefficient (Wildman–Crippen LogP) is 2.90. The molecule has 0 fully saturated rings. The Morgan fingerprint density at radius 3 is 2.50 bits per heavy atom. The number of amides is 1. The average molecular weight is 197 g/mol. The maximum atomic E-state index is 11.1. The molecule has 0 radical (unpaired) electrons. The van der Waals surface area contributed by atoms with Gasteiger partial charge in [0.15, 0.2) is 0 Å². The summed E-state index contributed by atoms with van der Waals surface area (Å²) in [7, 11) is 1.65. The highest BCUT2D eigenvalue weighted by molar-refractivity contribution is 5.87. The number of rotatable bonds is 6. The quantitative estimate of drug-likeness (QED) is 0.652. The van der Waals surface area contributed by atoms with Crippen LogP contribution in [0.25, 0.3) is 0 Å². The fraction of sp³-hybridized carbons (Fsp3) is 0.750. The first-order valence-corrected chi connectivity index (χ1v) is 5.49. The standard InChI is InChI=1S/C12H23NO/c1-5-7-9-12(3,6-2)10-8-11(14)13-4/h8,10H,5-7,9H2,1-4H3,(H,13,14)/b10-8+. The van der Waals surface area contributed by atoms with Crippen LogP contribution in [0.2, 0.25) is 0 Å². The molecule has 0 bridgehead atoms. The average Bonchev–Trinajstić information content (AvgIpc) is 2.23. The van der Waals surface area contributed by atoms with E-state index in [-0.39, 0.29) is 11.3 Å². The molecule has 0 heterocycles. The molecule has 1 atom stereocenters. The normalized spacial score (nSPS) is 15.4. The van der Waals surface area contributed by atoms with Gasteiger partial charge < -0.3 is 5.32 Å². The van der Waals surface area contributed by atoms with Crippen molar-refractivity contribution in [2.24, 2.45) is 5.41 Å². The lowest BCUT2D eigenvalue weighted by Crippen LogP contribution is -2.17. The van der Waals surface area contributed by atoms with E-state index in [0.29, 0.717) is 0 Å². The Balaban J connectivity index is 4.23. The highest BCUT2D eigenvalue weighted by Gasteiger charge is 2.17. The van der Waals surface area contributed by atoms with Crippen molar-refractivity contribution >= 4 is 5.91 Å². The van der Waals surface area contributed by atoms with Crippen LogP contribution in [0.3, 0.4) is 0 Å². The largest absolute Gasteiger partial charge is 0.356 e. The number of allylic oxidation sites excluding steroid dienone is 1. The van der Waals surface area contributed by atoms with Gasteiger partial charge in [-0.25, -0.2) is 0 Å². The molecule has 1 N–H and O–H groups in total. The Bertz CT molecular complexity index is 198. The van der Waals surface area contributed by atoms with Crippen LogP contribution >= 0.6 is 0 Å². The highest BCUT2D eigenvalue weighted by atomic mass is 16.1. The van der Waals surface area contributed by atoms with Crippen LogP contribution in [-0.2, 0) is 4.79 Å². The summed E-state index contributed by atoms with van der Waals surface area (Å²) in [6.45, 7) is 6.57. The van der Waals surface area contributed by atoms with E-state index in [2.05, 4.69) is 26.1 Å². The third-order valence-corrected chi connectivity index (χ3v) is 2.79. The van der Waals surface area contributed by atoms with E-state index >= 15 is 0 Å². The molecule has 0 aromatic carbocycles. The fourth-order valence-corrected chi connectivity index (χ4v) is 1.32. The molecule has 0 spiro atoms.